The van der Waals surface area contributed by atoms with Crippen LogP contribution < -0.4 is 10.6 Å². The highest BCUT2D eigenvalue weighted by Gasteiger charge is 2.11. The highest BCUT2D eigenvalue weighted by Crippen LogP contribution is 2.20. The van der Waals surface area contributed by atoms with Crippen LogP contribution >= 0.6 is 11.6 Å². The lowest BCUT2D eigenvalue weighted by molar-refractivity contribution is -0.147. The van der Waals surface area contributed by atoms with Crippen molar-refractivity contribution in [3.05, 3.63) is 59.1 Å². The van der Waals surface area contributed by atoms with Crippen LogP contribution in [0.2, 0.25) is 5.02 Å². The Morgan fingerprint density at radius 2 is 1.52 bits per heavy atom. The molecule has 0 radical (unpaired) electrons. The highest BCUT2D eigenvalue weighted by atomic mass is 35.5. The van der Waals surface area contributed by atoms with Crippen molar-refractivity contribution in [1.29, 1.82) is 0 Å². The number of benzene rings is 2. The Morgan fingerprint density at radius 1 is 0.889 bits per heavy atom. The van der Waals surface area contributed by atoms with Crippen molar-refractivity contribution in [2.24, 2.45) is 0 Å². The summed E-state index contributed by atoms with van der Waals surface area (Å²) in [5.41, 5.74) is 2.12. The molecule has 0 saturated heterocycles. The first-order valence-electron chi connectivity index (χ1n) is 8.51. The minimum Gasteiger partial charge on any atom is -0.456 e. The molecule has 0 aromatic heterocycles. The Labute approximate surface area is 162 Å². The van der Waals surface area contributed by atoms with Crippen molar-refractivity contribution < 1.29 is 19.1 Å². The molecule has 0 unspecified atom stereocenters. The molecule has 0 bridgehead atoms. The van der Waals surface area contributed by atoms with Crippen LogP contribution in [0.5, 0.6) is 0 Å². The molecule has 2 aromatic rings. The predicted octanol–water partition coefficient (Wildman–Crippen LogP) is 3.94. The first-order chi connectivity index (χ1) is 13.0. The first-order valence-corrected chi connectivity index (χ1v) is 8.89. The zero-order chi connectivity index (χ0) is 19.6. The number of anilines is 2. The van der Waals surface area contributed by atoms with Gasteiger partial charge in [-0.15, -0.1) is 0 Å². The Kier molecular flexibility index (Phi) is 7.82. The third-order valence-electron chi connectivity index (χ3n) is 3.72. The van der Waals surface area contributed by atoms with E-state index in [1.807, 2.05) is 25.1 Å². The average Bonchev–Trinajstić information content (AvgIpc) is 2.64. The summed E-state index contributed by atoms with van der Waals surface area (Å²) in [5.74, 6) is -1.18. The number of hydrogen-bond acceptors (Lipinski definition) is 4. The molecule has 2 aromatic carbocycles. The van der Waals surface area contributed by atoms with Crippen LogP contribution in [0.3, 0.4) is 0 Å². The van der Waals surface area contributed by atoms with Gasteiger partial charge in [-0.1, -0.05) is 41.9 Å². The lowest BCUT2D eigenvalue weighted by Gasteiger charge is -2.09. The fraction of sp³-hybridized carbons (Fsp3) is 0.250. The van der Waals surface area contributed by atoms with Crippen LogP contribution in [0.4, 0.5) is 11.4 Å². The molecule has 27 heavy (non-hydrogen) atoms. The molecule has 0 saturated carbocycles. The summed E-state index contributed by atoms with van der Waals surface area (Å²) in [7, 11) is 0. The summed E-state index contributed by atoms with van der Waals surface area (Å²) in [5, 5.41) is 5.81. The van der Waals surface area contributed by atoms with Gasteiger partial charge in [0, 0.05) is 18.5 Å². The molecule has 7 heteroatoms. The number of carbonyl (C=O) groups is 3. The van der Waals surface area contributed by atoms with Crippen LogP contribution in [0, 0.1) is 6.92 Å². The SMILES string of the molecule is Cc1ccccc1NC(=O)COC(=O)CCCC(=O)Nc1ccccc1Cl. The molecule has 0 fully saturated rings. The summed E-state index contributed by atoms with van der Waals surface area (Å²) < 4.78 is 4.93. The molecule has 0 atom stereocenters. The fourth-order valence-electron chi connectivity index (χ4n) is 2.29. The van der Waals surface area contributed by atoms with E-state index in [0.717, 1.165) is 5.56 Å². The molecule has 142 valence electrons. The van der Waals surface area contributed by atoms with E-state index in [-0.39, 0.29) is 25.4 Å². The maximum atomic E-state index is 11.9. The second-order valence-corrected chi connectivity index (χ2v) is 6.31. The summed E-state index contributed by atoms with van der Waals surface area (Å²) in [6, 6.07) is 14.2. The second-order valence-electron chi connectivity index (χ2n) is 5.91. The van der Waals surface area contributed by atoms with Crippen molar-refractivity contribution in [1.82, 2.24) is 0 Å². The number of nitrogens with one attached hydrogen (secondary N) is 2. The van der Waals surface area contributed by atoms with Crippen molar-refractivity contribution in [3.8, 4) is 0 Å². The Hall–Kier alpha value is -2.86. The lowest BCUT2D eigenvalue weighted by atomic mass is 10.2. The second kappa shape index (κ2) is 10.3. The van der Waals surface area contributed by atoms with E-state index < -0.39 is 11.9 Å². The van der Waals surface area contributed by atoms with Crippen LogP contribution in [0.25, 0.3) is 0 Å². The van der Waals surface area contributed by atoms with Gasteiger partial charge in [-0.25, -0.2) is 0 Å². The number of hydrogen-bond donors (Lipinski definition) is 2. The molecule has 0 aliphatic rings. The van der Waals surface area contributed by atoms with Crippen LogP contribution in [-0.4, -0.2) is 24.4 Å². The van der Waals surface area contributed by atoms with E-state index in [4.69, 9.17) is 16.3 Å². The number of esters is 1. The Morgan fingerprint density at radius 3 is 2.22 bits per heavy atom. The maximum Gasteiger partial charge on any atom is 0.306 e. The molecule has 6 nitrogen and oxygen atoms in total. The van der Waals surface area contributed by atoms with Crippen LogP contribution in [0.15, 0.2) is 48.5 Å². The Balaban J connectivity index is 1.64. The molecule has 2 N–H and O–H groups in total. The normalized spacial score (nSPS) is 10.1. The third-order valence-corrected chi connectivity index (χ3v) is 4.05. The Bertz CT molecular complexity index is 823. The highest BCUT2D eigenvalue weighted by molar-refractivity contribution is 6.33. The summed E-state index contributed by atoms with van der Waals surface area (Å²) in [4.78, 5) is 35.4. The third kappa shape index (κ3) is 7.11. The standard InChI is InChI=1S/C20H21ClN2O4/c1-14-7-2-4-9-16(14)22-19(25)13-27-20(26)12-6-11-18(24)23-17-10-5-3-8-15(17)21/h2-5,7-10H,6,11-13H2,1H3,(H,22,25)(H,23,24). The van der Waals surface area contributed by atoms with Gasteiger partial charge in [-0.2, -0.15) is 0 Å². The summed E-state index contributed by atoms with van der Waals surface area (Å²) in [6.07, 6.45) is 0.512. The van der Waals surface area contributed by atoms with Gasteiger partial charge in [0.25, 0.3) is 5.91 Å². The zero-order valence-electron chi connectivity index (χ0n) is 15.0. The van der Waals surface area contributed by atoms with E-state index in [1.165, 1.54) is 0 Å². The number of amides is 2. The number of aryl methyl sites for hydroxylation is 1. The van der Waals surface area contributed by atoms with Gasteiger partial charge in [0.15, 0.2) is 6.61 Å². The molecular formula is C20H21ClN2O4. The maximum absolute atomic E-state index is 11.9. The average molecular weight is 389 g/mol. The molecule has 2 rings (SSSR count). The van der Waals surface area contributed by atoms with Crippen LogP contribution in [0.1, 0.15) is 24.8 Å². The number of halogens is 1. The van der Waals surface area contributed by atoms with E-state index >= 15 is 0 Å². The zero-order valence-corrected chi connectivity index (χ0v) is 15.7. The minimum absolute atomic E-state index is 0.0492. The van der Waals surface area contributed by atoms with Gasteiger partial charge >= 0.3 is 5.97 Å². The van der Waals surface area contributed by atoms with Crippen molar-refractivity contribution in [3.63, 3.8) is 0 Å². The predicted molar refractivity (Wildman–Crippen MR) is 105 cm³/mol. The molecule has 0 aliphatic carbocycles. The van der Waals surface area contributed by atoms with E-state index in [0.29, 0.717) is 22.8 Å². The summed E-state index contributed by atoms with van der Waals surface area (Å²) >= 11 is 5.96. The van der Waals surface area contributed by atoms with Gasteiger partial charge in [0.05, 0.1) is 10.7 Å². The van der Waals surface area contributed by atoms with Crippen LogP contribution in [-0.2, 0) is 19.1 Å². The van der Waals surface area contributed by atoms with E-state index in [9.17, 15) is 14.4 Å². The largest absolute Gasteiger partial charge is 0.456 e. The van der Waals surface area contributed by atoms with Crippen molar-refractivity contribution in [2.45, 2.75) is 26.2 Å². The monoisotopic (exact) mass is 388 g/mol. The molecule has 0 spiro atoms. The van der Waals surface area contributed by atoms with Crippen molar-refractivity contribution >= 4 is 40.8 Å². The molecule has 2 amide bonds. The molecule has 0 heterocycles. The number of carbonyl (C=O) groups excluding carboxylic acids is 3. The van der Waals surface area contributed by atoms with Gasteiger partial charge in [-0.05, 0) is 37.1 Å². The first kappa shape index (κ1) is 20.5. The molecule has 0 aliphatic heterocycles. The lowest BCUT2D eigenvalue weighted by Crippen LogP contribution is -2.21. The topological polar surface area (TPSA) is 84.5 Å². The minimum atomic E-state index is -0.527. The van der Waals surface area contributed by atoms with Crippen molar-refractivity contribution in [2.75, 3.05) is 17.2 Å². The van der Waals surface area contributed by atoms with Gasteiger partial charge in [0.1, 0.15) is 0 Å². The molecular weight excluding hydrogens is 368 g/mol. The van der Waals surface area contributed by atoms with Gasteiger partial charge in [-0.3, -0.25) is 14.4 Å². The fourth-order valence-corrected chi connectivity index (χ4v) is 2.47. The number of rotatable bonds is 8. The van der Waals surface area contributed by atoms with E-state index in [1.54, 1.807) is 30.3 Å². The quantitative estimate of drug-likeness (QED) is 0.671. The van der Waals surface area contributed by atoms with E-state index in [2.05, 4.69) is 10.6 Å². The number of para-hydroxylation sites is 2. The van der Waals surface area contributed by atoms with Gasteiger partial charge in [0.2, 0.25) is 5.91 Å². The van der Waals surface area contributed by atoms with Gasteiger partial charge < -0.3 is 15.4 Å². The number of ether oxygens (including phenoxy) is 1. The summed E-state index contributed by atoms with van der Waals surface area (Å²) in [6.45, 7) is 1.51. The smallest absolute Gasteiger partial charge is 0.306 e.